The summed E-state index contributed by atoms with van der Waals surface area (Å²) in [6.45, 7) is 6.47. The Morgan fingerprint density at radius 1 is 1.14 bits per heavy atom. The number of rotatable bonds is 6. The Morgan fingerprint density at radius 3 is 2.50 bits per heavy atom. The Labute approximate surface area is 132 Å². The van der Waals surface area contributed by atoms with E-state index in [1.807, 2.05) is 38.1 Å². The zero-order valence-electron chi connectivity index (χ0n) is 13.3. The average Bonchev–Trinajstić information content (AvgIpc) is 2.47. The third kappa shape index (κ3) is 3.95. The molecule has 0 saturated carbocycles. The molecule has 3 nitrogen and oxygen atoms in total. The Morgan fingerprint density at radius 2 is 1.86 bits per heavy atom. The Balaban J connectivity index is 2.16. The van der Waals surface area contributed by atoms with E-state index in [0.717, 1.165) is 11.1 Å². The molecule has 0 fully saturated rings. The predicted octanol–water partition coefficient (Wildman–Crippen LogP) is 3.86. The topological polar surface area (TPSA) is 49.3 Å². The summed E-state index contributed by atoms with van der Waals surface area (Å²) in [4.78, 5) is 11.2. The molecule has 0 heterocycles. The third-order valence-electron chi connectivity index (χ3n) is 3.84. The maximum atomic E-state index is 11.2. The van der Waals surface area contributed by atoms with Crippen molar-refractivity contribution in [3.63, 3.8) is 0 Å². The molecule has 2 aromatic rings. The highest BCUT2D eigenvalue weighted by molar-refractivity contribution is 5.73. The zero-order valence-corrected chi connectivity index (χ0v) is 13.3. The molecule has 22 heavy (non-hydrogen) atoms. The number of carboxylic acids is 1. The van der Waals surface area contributed by atoms with Crippen LogP contribution in [0.5, 0.6) is 0 Å². The first-order valence-corrected chi connectivity index (χ1v) is 7.60. The number of carbonyl (C=O) groups is 1. The van der Waals surface area contributed by atoms with Crippen molar-refractivity contribution in [2.45, 2.75) is 33.4 Å². The lowest BCUT2D eigenvalue weighted by Crippen LogP contribution is -2.40. The molecule has 2 aromatic carbocycles. The van der Waals surface area contributed by atoms with E-state index in [0.29, 0.717) is 6.54 Å². The van der Waals surface area contributed by atoms with Crippen molar-refractivity contribution >= 4 is 5.97 Å². The lowest BCUT2D eigenvalue weighted by atomic mass is 9.98. The van der Waals surface area contributed by atoms with Crippen molar-refractivity contribution in [2.75, 3.05) is 0 Å². The molecular formula is C19H23NO2. The summed E-state index contributed by atoms with van der Waals surface area (Å²) in [5.74, 6) is -0.748. The largest absolute Gasteiger partial charge is 0.480 e. The minimum atomic E-state index is -0.801. The fraction of sp³-hybridized carbons (Fsp3) is 0.316. The van der Waals surface area contributed by atoms with Crippen LogP contribution in [0.2, 0.25) is 0 Å². The van der Waals surface area contributed by atoms with Gasteiger partial charge in [0.05, 0.1) is 0 Å². The average molecular weight is 297 g/mol. The minimum Gasteiger partial charge on any atom is -0.480 e. The molecule has 0 aromatic heterocycles. The van der Waals surface area contributed by atoms with Crippen LogP contribution in [-0.2, 0) is 11.3 Å². The van der Waals surface area contributed by atoms with Gasteiger partial charge in [0.15, 0.2) is 0 Å². The van der Waals surface area contributed by atoms with Crippen LogP contribution in [0, 0.1) is 12.8 Å². The fourth-order valence-electron chi connectivity index (χ4n) is 2.58. The molecule has 3 heteroatoms. The minimum absolute atomic E-state index is 0.0528. The summed E-state index contributed by atoms with van der Waals surface area (Å²) in [5.41, 5.74) is 4.70. The monoisotopic (exact) mass is 297 g/mol. The number of nitrogens with one attached hydrogen (secondary N) is 1. The summed E-state index contributed by atoms with van der Waals surface area (Å²) in [6, 6.07) is 16.0. The summed E-state index contributed by atoms with van der Waals surface area (Å²) >= 11 is 0. The first-order chi connectivity index (χ1) is 10.5. The van der Waals surface area contributed by atoms with Gasteiger partial charge in [-0.2, -0.15) is 0 Å². The second kappa shape index (κ2) is 7.23. The van der Waals surface area contributed by atoms with E-state index in [9.17, 15) is 9.90 Å². The van der Waals surface area contributed by atoms with Crippen LogP contribution in [0.4, 0.5) is 0 Å². The van der Waals surface area contributed by atoms with Crippen LogP contribution in [0.1, 0.15) is 25.0 Å². The molecule has 116 valence electrons. The van der Waals surface area contributed by atoms with Gasteiger partial charge in [-0.05, 0) is 41.2 Å². The number of carboxylic acid groups (broad SMARTS) is 1. The lowest BCUT2D eigenvalue weighted by molar-refractivity contribution is -0.140. The van der Waals surface area contributed by atoms with E-state index in [2.05, 4.69) is 36.5 Å². The van der Waals surface area contributed by atoms with Gasteiger partial charge in [0, 0.05) is 6.54 Å². The zero-order chi connectivity index (χ0) is 16.1. The molecule has 0 bridgehead atoms. The fourth-order valence-corrected chi connectivity index (χ4v) is 2.58. The number of aliphatic carboxylic acids is 1. The van der Waals surface area contributed by atoms with Gasteiger partial charge >= 0.3 is 5.97 Å². The molecule has 1 atom stereocenters. The Kier molecular flexibility index (Phi) is 5.34. The number of hydrogen-bond acceptors (Lipinski definition) is 2. The van der Waals surface area contributed by atoms with Gasteiger partial charge in [0.2, 0.25) is 0 Å². The smallest absolute Gasteiger partial charge is 0.320 e. The molecule has 0 aliphatic heterocycles. The van der Waals surface area contributed by atoms with Crippen LogP contribution in [0.15, 0.2) is 48.5 Å². The molecule has 0 saturated heterocycles. The van der Waals surface area contributed by atoms with Crippen molar-refractivity contribution in [1.29, 1.82) is 0 Å². The first kappa shape index (κ1) is 16.2. The maximum absolute atomic E-state index is 11.2. The highest BCUT2D eigenvalue weighted by Crippen LogP contribution is 2.23. The number of aryl methyl sites for hydroxylation is 1. The van der Waals surface area contributed by atoms with Gasteiger partial charge in [-0.3, -0.25) is 4.79 Å². The SMILES string of the molecule is Cc1ccccc1-c1cccc(CN[C@@H](C(=O)O)C(C)C)c1. The molecule has 0 aliphatic carbocycles. The van der Waals surface area contributed by atoms with Crippen molar-refractivity contribution in [1.82, 2.24) is 5.32 Å². The summed E-state index contributed by atoms with van der Waals surface area (Å²) in [5, 5.41) is 12.4. The molecule has 0 radical (unpaired) electrons. The maximum Gasteiger partial charge on any atom is 0.320 e. The van der Waals surface area contributed by atoms with E-state index in [1.54, 1.807) is 0 Å². The standard InChI is InChI=1S/C19H23NO2/c1-13(2)18(19(21)22)20-12-15-8-6-9-16(11-15)17-10-5-4-7-14(17)3/h4-11,13,18,20H,12H2,1-3H3,(H,21,22)/t18-/m1/s1. The van der Waals surface area contributed by atoms with Crippen molar-refractivity contribution in [3.8, 4) is 11.1 Å². The van der Waals surface area contributed by atoms with Crippen molar-refractivity contribution in [3.05, 3.63) is 59.7 Å². The molecule has 0 unspecified atom stereocenters. The second-order valence-electron chi connectivity index (χ2n) is 5.96. The molecule has 0 amide bonds. The van der Waals surface area contributed by atoms with Crippen molar-refractivity contribution in [2.24, 2.45) is 5.92 Å². The Bertz CT molecular complexity index is 649. The quantitative estimate of drug-likeness (QED) is 0.851. The van der Waals surface area contributed by atoms with Crippen LogP contribution in [-0.4, -0.2) is 17.1 Å². The van der Waals surface area contributed by atoms with E-state index in [-0.39, 0.29) is 5.92 Å². The highest BCUT2D eigenvalue weighted by Gasteiger charge is 2.20. The van der Waals surface area contributed by atoms with E-state index >= 15 is 0 Å². The Hall–Kier alpha value is -2.13. The van der Waals surface area contributed by atoms with Crippen molar-refractivity contribution < 1.29 is 9.90 Å². The molecule has 2 N–H and O–H groups in total. The molecule has 0 aliphatic rings. The van der Waals surface area contributed by atoms with Crippen LogP contribution in [0.3, 0.4) is 0 Å². The van der Waals surface area contributed by atoms with E-state index in [1.165, 1.54) is 11.1 Å². The van der Waals surface area contributed by atoms with Gasteiger partial charge in [0.1, 0.15) is 6.04 Å². The van der Waals surface area contributed by atoms with Crippen LogP contribution >= 0.6 is 0 Å². The van der Waals surface area contributed by atoms with Gasteiger partial charge in [0.25, 0.3) is 0 Å². The lowest BCUT2D eigenvalue weighted by Gasteiger charge is -2.18. The normalized spacial score (nSPS) is 12.4. The molecule has 0 spiro atoms. The van der Waals surface area contributed by atoms with Crippen LogP contribution in [0.25, 0.3) is 11.1 Å². The predicted molar refractivity (Wildman–Crippen MR) is 89.7 cm³/mol. The van der Waals surface area contributed by atoms with E-state index in [4.69, 9.17) is 0 Å². The highest BCUT2D eigenvalue weighted by atomic mass is 16.4. The van der Waals surface area contributed by atoms with Crippen LogP contribution < -0.4 is 5.32 Å². The van der Waals surface area contributed by atoms with E-state index < -0.39 is 12.0 Å². The second-order valence-corrected chi connectivity index (χ2v) is 5.96. The number of hydrogen-bond donors (Lipinski definition) is 2. The van der Waals surface area contributed by atoms with Gasteiger partial charge in [-0.1, -0.05) is 56.3 Å². The third-order valence-corrected chi connectivity index (χ3v) is 3.84. The molecule has 2 rings (SSSR count). The summed E-state index contributed by atoms with van der Waals surface area (Å²) in [6.07, 6.45) is 0. The summed E-state index contributed by atoms with van der Waals surface area (Å²) in [7, 11) is 0. The summed E-state index contributed by atoms with van der Waals surface area (Å²) < 4.78 is 0. The number of benzene rings is 2. The molecular weight excluding hydrogens is 274 g/mol. The van der Waals surface area contributed by atoms with Gasteiger partial charge in [-0.25, -0.2) is 0 Å². The first-order valence-electron chi connectivity index (χ1n) is 7.60. The van der Waals surface area contributed by atoms with Gasteiger partial charge in [-0.15, -0.1) is 0 Å². The van der Waals surface area contributed by atoms with Gasteiger partial charge < -0.3 is 10.4 Å².